The Morgan fingerprint density at radius 3 is 2.51 bits per heavy atom. The van der Waals surface area contributed by atoms with Crippen LogP contribution in [0.3, 0.4) is 0 Å². The van der Waals surface area contributed by atoms with Crippen LogP contribution in [0.25, 0.3) is 10.2 Å². The van der Waals surface area contributed by atoms with Crippen molar-refractivity contribution in [3.8, 4) is 0 Å². The third kappa shape index (κ3) is 5.09. The smallest absolute Gasteiger partial charge is 0.245 e. The molecule has 0 bridgehead atoms. The molecule has 0 spiro atoms. The first kappa shape index (κ1) is 25.3. The highest BCUT2D eigenvalue weighted by molar-refractivity contribution is 7.89. The maximum Gasteiger partial charge on any atom is 0.245 e. The van der Waals surface area contributed by atoms with Crippen molar-refractivity contribution >= 4 is 42.6 Å². The minimum atomic E-state index is -4.05. The van der Waals surface area contributed by atoms with Crippen LogP contribution in [0, 0.1) is 23.4 Å². The number of sulfonamides is 1. The van der Waals surface area contributed by atoms with E-state index in [0.29, 0.717) is 5.56 Å². The zero-order valence-corrected chi connectivity index (χ0v) is 21.0. The molecule has 2 aromatic carbocycles. The molecule has 0 N–H and O–H groups in total. The van der Waals surface area contributed by atoms with Gasteiger partial charge in [-0.3, -0.25) is 14.7 Å². The molecular formula is C25H21F3N4O3S2. The zero-order chi connectivity index (χ0) is 26.2. The van der Waals surface area contributed by atoms with Crippen molar-refractivity contribution in [2.45, 2.75) is 24.3 Å². The van der Waals surface area contributed by atoms with Gasteiger partial charge in [-0.2, -0.15) is 4.31 Å². The van der Waals surface area contributed by atoms with Crippen molar-refractivity contribution in [3.63, 3.8) is 0 Å². The number of carbonyl (C=O) groups is 1. The number of pyridine rings is 1. The first-order chi connectivity index (χ1) is 17.7. The summed E-state index contributed by atoms with van der Waals surface area (Å²) in [7, 11) is -4.05. The molecule has 1 aliphatic heterocycles. The monoisotopic (exact) mass is 546 g/mol. The minimum absolute atomic E-state index is 0.0313. The van der Waals surface area contributed by atoms with Crippen molar-refractivity contribution < 1.29 is 26.4 Å². The highest BCUT2D eigenvalue weighted by Crippen LogP contribution is 2.34. The lowest BCUT2D eigenvalue weighted by Gasteiger charge is -2.33. The largest absolute Gasteiger partial charge is 0.283 e. The number of halogens is 3. The van der Waals surface area contributed by atoms with Gasteiger partial charge in [0, 0.05) is 37.5 Å². The molecule has 0 unspecified atom stereocenters. The molecular weight excluding hydrogens is 525 g/mol. The fourth-order valence-corrected chi connectivity index (χ4v) is 6.88. The summed E-state index contributed by atoms with van der Waals surface area (Å²) < 4.78 is 69.6. The van der Waals surface area contributed by atoms with Gasteiger partial charge >= 0.3 is 0 Å². The van der Waals surface area contributed by atoms with Gasteiger partial charge in [0.15, 0.2) is 10.9 Å². The van der Waals surface area contributed by atoms with Crippen LogP contribution in [-0.2, 0) is 21.4 Å². The predicted octanol–water partition coefficient (Wildman–Crippen LogP) is 4.74. The third-order valence-corrected chi connectivity index (χ3v) is 9.18. The van der Waals surface area contributed by atoms with Gasteiger partial charge in [0.1, 0.15) is 22.0 Å². The molecule has 1 amide bonds. The van der Waals surface area contributed by atoms with Gasteiger partial charge in [-0.1, -0.05) is 29.5 Å². The Bertz CT molecular complexity index is 1560. The van der Waals surface area contributed by atoms with Crippen molar-refractivity contribution in [2.75, 3.05) is 18.0 Å². The van der Waals surface area contributed by atoms with Crippen molar-refractivity contribution in [1.29, 1.82) is 0 Å². The second-order valence-electron chi connectivity index (χ2n) is 8.63. The number of nitrogens with zero attached hydrogens (tertiary/aromatic N) is 4. The van der Waals surface area contributed by atoms with Crippen LogP contribution in [0.5, 0.6) is 0 Å². The summed E-state index contributed by atoms with van der Waals surface area (Å²) >= 11 is 0.995. The Balaban J connectivity index is 1.40. The number of amides is 1. The summed E-state index contributed by atoms with van der Waals surface area (Å²) in [6.45, 7) is 0.172. The second-order valence-corrected chi connectivity index (χ2v) is 11.5. The van der Waals surface area contributed by atoms with E-state index in [4.69, 9.17) is 0 Å². The number of hydrogen-bond donors (Lipinski definition) is 0. The molecule has 1 fully saturated rings. The van der Waals surface area contributed by atoms with Crippen molar-refractivity contribution in [1.82, 2.24) is 14.3 Å². The molecule has 12 heteroatoms. The lowest BCUT2D eigenvalue weighted by Crippen LogP contribution is -2.44. The molecule has 37 heavy (non-hydrogen) atoms. The van der Waals surface area contributed by atoms with Crippen LogP contribution < -0.4 is 4.90 Å². The van der Waals surface area contributed by atoms with Gasteiger partial charge in [-0.15, -0.1) is 0 Å². The first-order valence-corrected chi connectivity index (χ1v) is 13.7. The molecule has 3 heterocycles. The van der Waals surface area contributed by atoms with Crippen LogP contribution in [0.2, 0.25) is 0 Å². The minimum Gasteiger partial charge on any atom is -0.283 e. The summed E-state index contributed by atoms with van der Waals surface area (Å²) in [5.41, 5.74) is 0.678. The Labute approximate surface area is 215 Å². The highest BCUT2D eigenvalue weighted by Gasteiger charge is 2.36. The normalized spacial score (nSPS) is 15.2. The standard InChI is InChI=1S/C25H21F3N4O3S2/c26-18-12-20(28)23-21(13-18)36-25(30-23)32(15-16-4-3-9-29-14-16)24(33)17-7-10-31(11-8-17)37(34,35)22-6-2-1-5-19(22)27/h1-6,9,12-14,17H,7-8,10-11,15H2. The van der Waals surface area contributed by atoms with E-state index in [2.05, 4.69) is 9.97 Å². The van der Waals surface area contributed by atoms with Gasteiger partial charge in [0.25, 0.3) is 0 Å². The van der Waals surface area contributed by atoms with E-state index >= 15 is 0 Å². The number of anilines is 1. The van der Waals surface area contributed by atoms with Gasteiger partial charge in [0.05, 0.1) is 11.2 Å². The quantitative estimate of drug-likeness (QED) is 0.349. The Morgan fingerprint density at radius 2 is 1.81 bits per heavy atom. The van der Waals surface area contributed by atoms with E-state index in [0.717, 1.165) is 23.5 Å². The molecule has 5 rings (SSSR count). The fourth-order valence-electron chi connectivity index (χ4n) is 4.33. The number of benzene rings is 2. The third-order valence-electron chi connectivity index (χ3n) is 6.22. The number of rotatable bonds is 6. The molecule has 0 radical (unpaired) electrons. The lowest BCUT2D eigenvalue weighted by molar-refractivity contribution is -0.123. The number of fused-ring (bicyclic) bond motifs is 1. The molecule has 0 aliphatic carbocycles. The Kier molecular flexibility index (Phi) is 6.97. The van der Waals surface area contributed by atoms with Crippen LogP contribution in [0.4, 0.5) is 18.3 Å². The summed E-state index contributed by atoms with van der Waals surface area (Å²) in [5, 5.41) is 0.203. The van der Waals surface area contributed by atoms with Crippen LogP contribution >= 0.6 is 11.3 Å². The Hall–Kier alpha value is -3.35. The van der Waals surface area contributed by atoms with Crippen LogP contribution in [0.15, 0.2) is 65.8 Å². The van der Waals surface area contributed by atoms with Crippen LogP contribution in [-0.4, -0.2) is 41.7 Å². The average molecular weight is 547 g/mol. The first-order valence-electron chi connectivity index (χ1n) is 11.4. The number of carbonyl (C=O) groups excluding carboxylic acids is 1. The summed E-state index contributed by atoms with van der Waals surface area (Å²) in [5.74, 6) is -3.25. The molecule has 4 aromatic rings. The maximum absolute atomic E-state index is 14.3. The Morgan fingerprint density at radius 1 is 1.05 bits per heavy atom. The van der Waals surface area contributed by atoms with E-state index in [1.165, 1.54) is 33.5 Å². The molecule has 0 atom stereocenters. The molecule has 1 saturated heterocycles. The van der Waals surface area contributed by atoms with Gasteiger partial charge in [-0.25, -0.2) is 26.6 Å². The van der Waals surface area contributed by atoms with E-state index in [1.807, 2.05) is 0 Å². The van der Waals surface area contributed by atoms with E-state index in [-0.39, 0.29) is 53.7 Å². The van der Waals surface area contributed by atoms with E-state index in [1.54, 1.807) is 24.5 Å². The number of piperidine rings is 1. The number of hydrogen-bond acceptors (Lipinski definition) is 6. The highest BCUT2D eigenvalue weighted by atomic mass is 32.2. The molecule has 192 valence electrons. The predicted molar refractivity (Wildman–Crippen MR) is 133 cm³/mol. The van der Waals surface area contributed by atoms with E-state index < -0.39 is 38.3 Å². The summed E-state index contributed by atoms with van der Waals surface area (Å²) in [6.07, 6.45) is 3.61. The summed E-state index contributed by atoms with van der Waals surface area (Å²) in [6, 6.07) is 10.6. The second kappa shape index (κ2) is 10.2. The maximum atomic E-state index is 14.3. The molecule has 1 aliphatic rings. The summed E-state index contributed by atoms with van der Waals surface area (Å²) in [4.78, 5) is 23.1. The average Bonchev–Trinajstić information content (AvgIpc) is 3.32. The van der Waals surface area contributed by atoms with E-state index in [9.17, 15) is 26.4 Å². The SMILES string of the molecule is O=C(C1CCN(S(=O)(=O)c2ccccc2F)CC1)N(Cc1cccnc1)c1nc2c(F)cc(F)cc2s1. The topological polar surface area (TPSA) is 83.5 Å². The van der Waals surface area contributed by atoms with Gasteiger partial charge in [-0.05, 0) is 42.7 Å². The van der Waals surface area contributed by atoms with Crippen molar-refractivity contribution in [3.05, 3.63) is 83.9 Å². The number of aromatic nitrogens is 2. The van der Waals surface area contributed by atoms with Crippen LogP contribution in [0.1, 0.15) is 18.4 Å². The van der Waals surface area contributed by atoms with Gasteiger partial charge < -0.3 is 0 Å². The number of thiazole rings is 1. The zero-order valence-electron chi connectivity index (χ0n) is 19.4. The molecule has 0 saturated carbocycles. The molecule has 7 nitrogen and oxygen atoms in total. The lowest BCUT2D eigenvalue weighted by atomic mass is 9.96. The van der Waals surface area contributed by atoms with Gasteiger partial charge in [0.2, 0.25) is 15.9 Å². The van der Waals surface area contributed by atoms with Crippen molar-refractivity contribution in [2.24, 2.45) is 5.92 Å². The fraction of sp³-hybridized carbons (Fsp3) is 0.240. The molecule has 2 aromatic heterocycles.